The SMILES string of the molecule is Cc1cc(C)c(C(=O)N2CCNCC2C(N)=O)c(C)c1. The van der Waals surface area contributed by atoms with Crippen molar-refractivity contribution in [2.24, 2.45) is 5.73 Å². The van der Waals surface area contributed by atoms with Crippen molar-refractivity contribution in [2.75, 3.05) is 19.6 Å². The van der Waals surface area contributed by atoms with Crippen LogP contribution in [0, 0.1) is 20.8 Å². The number of hydrogen-bond donors (Lipinski definition) is 2. The van der Waals surface area contributed by atoms with E-state index in [0.29, 0.717) is 25.2 Å². The van der Waals surface area contributed by atoms with Crippen molar-refractivity contribution < 1.29 is 9.59 Å². The maximum atomic E-state index is 12.8. The summed E-state index contributed by atoms with van der Waals surface area (Å²) in [5, 5.41) is 3.10. The molecule has 1 fully saturated rings. The van der Waals surface area contributed by atoms with Crippen LogP contribution in [0.2, 0.25) is 0 Å². The molecule has 1 aromatic carbocycles. The van der Waals surface area contributed by atoms with E-state index in [1.807, 2.05) is 32.9 Å². The molecular weight excluding hydrogens is 254 g/mol. The summed E-state index contributed by atoms with van der Waals surface area (Å²) < 4.78 is 0. The van der Waals surface area contributed by atoms with Gasteiger partial charge >= 0.3 is 0 Å². The summed E-state index contributed by atoms with van der Waals surface area (Å²) in [6.07, 6.45) is 0. The molecular formula is C15H21N3O2. The van der Waals surface area contributed by atoms with Crippen LogP contribution in [0.5, 0.6) is 0 Å². The second kappa shape index (κ2) is 5.63. The lowest BCUT2D eigenvalue weighted by molar-refractivity contribution is -0.122. The number of nitrogens with two attached hydrogens (primary N) is 1. The summed E-state index contributed by atoms with van der Waals surface area (Å²) in [5.74, 6) is -0.571. The van der Waals surface area contributed by atoms with E-state index in [2.05, 4.69) is 5.32 Å². The summed E-state index contributed by atoms with van der Waals surface area (Å²) >= 11 is 0. The monoisotopic (exact) mass is 275 g/mol. The van der Waals surface area contributed by atoms with Crippen molar-refractivity contribution in [2.45, 2.75) is 26.8 Å². The molecule has 0 bridgehead atoms. The number of benzene rings is 1. The quantitative estimate of drug-likeness (QED) is 0.826. The molecule has 2 rings (SSSR count). The zero-order valence-corrected chi connectivity index (χ0v) is 12.2. The van der Waals surface area contributed by atoms with Crippen molar-refractivity contribution in [3.63, 3.8) is 0 Å². The van der Waals surface area contributed by atoms with Crippen LogP contribution in [0.1, 0.15) is 27.0 Å². The van der Waals surface area contributed by atoms with Crippen LogP contribution in [0.15, 0.2) is 12.1 Å². The minimum Gasteiger partial charge on any atom is -0.368 e. The molecule has 5 nitrogen and oxygen atoms in total. The van der Waals surface area contributed by atoms with E-state index in [0.717, 1.165) is 16.7 Å². The Bertz CT molecular complexity index is 531. The molecule has 1 saturated heterocycles. The van der Waals surface area contributed by atoms with Crippen LogP contribution in [-0.4, -0.2) is 42.4 Å². The Morgan fingerprint density at radius 1 is 1.25 bits per heavy atom. The van der Waals surface area contributed by atoms with Gasteiger partial charge < -0.3 is 16.0 Å². The second-order valence-electron chi connectivity index (χ2n) is 5.39. The van der Waals surface area contributed by atoms with Crippen molar-refractivity contribution in [1.29, 1.82) is 0 Å². The molecule has 0 aliphatic carbocycles. The maximum absolute atomic E-state index is 12.8. The minimum absolute atomic E-state index is 0.106. The molecule has 2 amide bonds. The van der Waals surface area contributed by atoms with Crippen molar-refractivity contribution in [3.8, 4) is 0 Å². The number of nitrogens with zero attached hydrogens (tertiary/aromatic N) is 1. The molecule has 3 N–H and O–H groups in total. The first-order valence-corrected chi connectivity index (χ1v) is 6.80. The number of aryl methyl sites for hydroxylation is 3. The number of piperazine rings is 1. The third-order valence-corrected chi connectivity index (χ3v) is 3.72. The molecule has 1 atom stereocenters. The second-order valence-corrected chi connectivity index (χ2v) is 5.39. The van der Waals surface area contributed by atoms with Crippen LogP contribution in [-0.2, 0) is 4.79 Å². The van der Waals surface area contributed by atoms with Gasteiger partial charge in [-0.3, -0.25) is 9.59 Å². The lowest BCUT2D eigenvalue weighted by Gasteiger charge is -2.35. The molecule has 5 heteroatoms. The van der Waals surface area contributed by atoms with Crippen LogP contribution >= 0.6 is 0 Å². The number of hydrogen-bond acceptors (Lipinski definition) is 3. The average molecular weight is 275 g/mol. The van der Waals surface area contributed by atoms with Gasteiger partial charge in [0, 0.05) is 25.2 Å². The van der Waals surface area contributed by atoms with Crippen LogP contribution in [0.3, 0.4) is 0 Å². The lowest BCUT2D eigenvalue weighted by Crippen LogP contribution is -2.58. The van der Waals surface area contributed by atoms with Crippen molar-refractivity contribution in [1.82, 2.24) is 10.2 Å². The van der Waals surface area contributed by atoms with Gasteiger partial charge in [0.05, 0.1) is 0 Å². The first-order chi connectivity index (χ1) is 9.41. The molecule has 1 aliphatic rings. The Labute approximate surface area is 119 Å². The van der Waals surface area contributed by atoms with Crippen LogP contribution in [0.4, 0.5) is 0 Å². The van der Waals surface area contributed by atoms with Gasteiger partial charge in [0.25, 0.3) is 5.91 Å². The normalized spacial score (nSPS) is 18.9. The van der Waals surface area contributed by atoms with Crippen molar-refractivity contribution in [3.05, 3.63) is 34.4 Å². The first-order valence-electron chi connectivity index (χ1n) is 6.80. The molecule has 1 unspecified atom stereocenters. The Kier molecular flexibility index (Phi) is 4.09. The molecule has 0 saturated carbocycles. The molecule has 1 aromatic rings. The number of nitrogens with one attached hydrogen (secondary N) is 1. The third-order valence-electron chi connectivity index (χ3n) is 3.72. The zero-order valence-electron chi connectivity index (χ0n) is 12.2. The smallest absolute Gasteiger partial charge is 0.255 e. The van der Waals surface area contributed by atoms with E-state index in [4.69, 9.17) is 5.73 Å². The molecule has 0 aromatic heterocycles. The van der Waals surface area contributed by atoms with E-state index in [9.17, 15) is 9.59 Å². The van der Waals surface area contributed by atoms with Gasteiger partial charge in [-0.25, -0.2) is 0 Å². The Hall–Kier alpha value is -1.88. The zero-order chi connectivity index (χ0) is 14.9. The lowest BCUT2D eigenvalue weighted by atomic mass is 9.97. The molecule has 0 spiro atoms. The van der Waals surface area contributed by atoms with Crippen LogP contribution in [0.25, 0.3) is 0 Å². The highest BCUT2D eigenvalue weighted by Crippen LogP contribution is 2.20. The highest BCUT2D eigenvalue weighted by atomic mass is 16.2. The highest BCUT2D eigenvalue weighted by molar-refractivity contribution is 5.99. The topological polar surface area (TPSA) is 75.4 Å². The fourth-order valence-corrected chi connectivity index (χ4v) is 2.86. The molecule has 1 heterocycles. The van der Waals surface area contributed by atoms with Gasteiger partial charge in [-0.1, -0.05) is 17.7 Å². The fourth-order valence-electron chi connectivity index (χ4n) is 2.86. The van der Waals surface area contributed by atoms with Crippen molar-refractivity contribution >= 4 is 11.8 Å². The maximum Gasteiger partial charge on any atom is 0.255 e. The Balaban J connectivity index is 2.37. The summed E-state index contributed by atoms with van der Waals surface area (Å²) in [4.78, 5) is 25.9. The Morgan fingerprint density at radius 2 is 1.85 bits per heavy atom. The summed E-state index contributed by atoms with van der Waals surface area (Å²) in [6.45, 7) is 7.46. The molecule has 108 valence electrons. The average Bonchev–Trinajstić information content (AvgIpc) is 2.37. The van der Waals surface area contributed by atoms with Gasteiger partial charge in [-0.05, 0) is 31.9 Å². The third kappa shape index (κ3) is 2.67. The standard InChI is InChI=1S/C15H21N3O2/c1-9-6-10(2)13(11(3)7-9)15(20)18-5-4-17-8-12(18)14(16)19/h6-7,12,17H,4-5,8H2,1-3H3,(H2,16,19). The fraction of sp³-hybridized carbons (Fsp3) is 0.467. The number of rotatable bonds is 2. The van der Waals surface area contributed by atoms with E-state index in [-0.39, 0.29) is 5.91 Å². The predicted octanol–water partition coefficient (Wildman–Crippen LogP) is 0.511. The van der Waals surface area contributed by atoms with Crippen LogP contribution < -0.4 is 11.1 Å². The number of amides is 2. The van der Waals surface area contributed by atoms with E-state index in [1.165, 1.54) is 0 Å². The summed E-state index contributed by atoms with van der Waals surface area (Å²) in [5.41, 5.74) is 9.09. The molecule has 1 aliphatic heterocycles. The van der Waals surface area contributed by atoms with Gasteiger partial charge in [-0.15, -0.1) is 0 Å². The van der Waals surface area contributed by atoms with E-state index >= 15 is 0 Å². The van der Waals surface area contributed by atoms with Gasteiger partial charge in [0.1, 0.15) is 6.04 Å². The minimum atomic E-state index is -0.573. The largest absolute Gasteiger partial charge is 0.368 e. The van der Waals surface area contributed by atoms with E-state index < -0.39 is 11.9 Å². The Morgan fingerprint density at radius 3 is 2.40 bits per heavy atom. The molecule has 0 radical (unpaired) electrons. The molecule has 20 heavy (non-hydrogen) atoms. The van der Waals surface area contributed by atoms with Gasteiger partial charge in [0.15, 0.2) is 0 Å². The van der Waals surface area contributed by atoms with Gasteiger partial charge in [-0.2, -0.15) is 0 Å². The van der Waals surface area contributed by atoms with Gasteiger partial charge in [0.2, 0.25) is 5.91 Å². The van der Waals surface area contributed by atoms with E-state index in [1.54, 1.807) is 4.90 Å². The number of carbonyl (C=O) groups is 2. The number of primary amides is 1. The summed E-state index contributed by atoms with van der Waals surface area (Å²) in [6, 6.07) is 3.40. The number of carbonyl (C=O) groups excluding carboxylic acids is 2. The first kappa shape index (κ1) is 14.5. The predicted molar refractivity (Wildman–Crippen MR) is 77.5 cm³/mol. The highest BCUT2D eigenvalue weighted by Gasteiger charge is 2.32. The summed E-state index contributed by atoms with van der Waals surface area (Å²) in [7, 11) is 0.